The minimum absolute atomic E-state index is 0.713. The van der Waals surface area contributed by atoms with Gasteiger partial charge in [0.05, 0.1) is 5.01 Å². The van der Waals surface area contributed by atoms with Gasteiger partial charge >= 0.3 is 0 Å². The standard InChI is InChI=1S/C9H13NOS/c1-2-8(7-11-4-1)6-9-10-3-5-12-9/h3,5,8H,1-2,4,6-7H2/t8-/m1/s1. The van der Waals surface area contributed by atoms with Crippen LogP contribution >= 0.6 is 11.3 Å². The van der Waals surface area contributed by atoms with Gasteiger partial charge < -0.3 is 4.74 Å². The number of nitrogens with zero attached hydrogens (tertiary/aromatic N) is 1. The highest BCUT2D eigenvalue weighted by atomic mass is 32.1. The van der Waals surface area contributed by atoms with Gasteiger partial charge in [0.25, 0.3) is 0 Å². The van der Waals surface area contributed by atoms with Gasteiger partial charge in [-0.25, -0.2) is 4.98 Å². The zero-order valence-corrected chi connectivity index (χ0v) is 7.85. The molecule has 1 aliphatic rings. The van der Waals surface area contributed by atoms with Crippen molar-refractivity contribution in [3.05, 3.63) is 16.6 Å². The van der Waals surface area contributed by atoms with Crippen LogP contribution in [0.5, 0.6) is 0 Å². The predicted molar refractivity (Wildman–Crippen MR) is 49.4 cm³/mol. The molecular weight excluding hydrogens is 170 g/mol. The van der Waals surface area contributed by atoms with Gasteiger partial charge in [0.15, 0.2) is 0 Å². The number of hydrogen-bond acceptors (Lipinski definition) is 3. The summed E-state index contributed by atoms with van der Waals surface area (Å²) in [4.78, 5) is 4.27. The summed E-state index contributed by atoms with van der Waals surface area (Å²) >= 11 is 1.75. The molecule has 0 radical (unpaired) electrons. The van der Waals surface area contributed by atoms with Crippen LogP contribution in [0.1, 0.15) is 17.8 Å². The van der Waals surface area contributed by atoms with Crippen LogP contribution in [0, 0.1) is 5.92 Å². The Morgan fingerprint density at radius 3 is 3.33 bits per heavy atom. The number of hydrogen-bond donors (Lipinski definition) is 0. The molecule has 1 atom stereocenters. The van der Waals surface area contributed by atoms with Gasteiger partial charge in [-0.05, 0) is 18.8 Å². The Kier molecular flexibility index (Phi) is 2.74. The van der Waals surface area contributed by atoms with Crippen molar-refractivity contribution in [2.75, 3.05) is 13.2 Å². The second kappa shape index (κ2) is 4.01. The number of aromatic nitrogens is 1. The van der Waals surface area contributed by atoms with E-state index in [1.807, 2.05) is 11.6 Å². The van der Waals surface area contributed by atoms with E-state index in [0.29, 0.717) is 5.92 Å². The zero-order valence-electron chi connectivity index (χ0n) is 7.03. The number of thiazole rings is 1. The molecule has 1 fully saturated rings. The Labute approximate surface area is 76.6 Å². The van der Waals surface area contributed by atoms with Crippen molar-refractivity contribution in [2.24, 2.45) is 5.92 Å². The first kappa shape index (κ1) is 8.20. The Morgan fingerprint density at radius 2 is 2.67 bits per heavy atom. The van der Waals surface area contributed by atoms with Crippen molar-refractivity contribution < 1.29 is 4.74 Å². The Balaban J connectivity index is 1.86. The molecule has 0 aromatic carbocycles. The molecule has 0 unspecified atom stereocenters. The Morgan fingerprint density at radius 1 is 1.67 bits per heavy atom. The first-order valence-electron chi connectivity index (χ1n) is 4.41. The molecule has 0 aliphatic carbocycles. The molecule has 2 heterocycles. The van der Waals surface area contributed by atoms with E-state index in [1.165, 1.54) is 17.8 Å². The van der Waals surface area contributed by atoms with Crippen LogP contribution in [0.4, 0.5) is 0 Å². The van der Waals surface area contributed by atoms with Crippen molar-refractivity contribution in [3.8, 4) is 0 Å². The maximum Gasteiger partial charge on any atom is 0.0928 e. The topological polar surface area (TPSA) is 22.1 Å². The number of rotatable bonds is 2. The third-order valence-corrected chi connectivity index (χ3v) is 3.00. The first-order chi connectivity index (χ1) is 5.95. The van der Waals surface area contributed by atoms with Crippen LogP contribution in [-0.4, -0.2) is 18.2 Å². The van der Waals surface area contributed by atoms with Crippen LogP contribution in [0.2, 0.25) is 0 Å². The lowest BCUT2D eigenvalue weighted by Gasteiger charge is -2.20. The molecule has 0 spiro atoms. The number of ether oxygens (including phenoxy) is 1. The third-order valence-electron chi connectivity index (χ3n) is 2.20. The highest BCUT2D eigenvalue weighted by Gasteiger charge is 2.14. The van der Waals surface area contributed by atoms with Crippen LogP contribution in [0.3, 0.4) is 0 Å². The average molecular weight is 183 g/mol. The monoisotopic (exact) mass is 183 g/mol. The van der Waals surface area contributed by atoms with Gasteiger partial charge in [-0.3, -0.25) is 0 Å². The molecule has 1 aromatic heterocycles. The predicted octanol–water partition coefficient (Wildman–Crippen LogP) is 2.11. The van der Waals surface area contributed by atoms with Gasteiger partial charge in [0.1, 0.15) is 0 Å². The van der Waals surface area contributed by atoms with Gasteiger partial charge in [0.2, 0.25) is 0 Å². The molecule has 0 N–H and O–H groups in total. The minimum Gasteiger partial charge on any atom is -0.381 e. The van der Waals surface area contributed by atoms with Crippen molar-refractivity contribution in [3.63, 3.8) is 0 Å². The lowest BCUT2D eigenvalue weighted by molar-refractivity contribution is 0.0550. The molecule has 0 amide bonds. The summed E-state index contributed by atoms with van der Waals surface area (Å²) in [5.41, 5.74) is 0. The minimum atomic E-state index is 0.713. The summed E-state index contributed by atoms with van der Waals surface area (Å²) in [6.45, 7) is 1.88. The van der Waals surface area contributed by atoms with Crippen molar-refractivity contribution in [1.29, 1.82) is 0 Å². The maximum absolute atomic E-state index is 5.41. The third kappa shape index (κ3) is 2.05. The Bertz CT molecular complexity index is 216. The van der Waals surface area contributed by atoms with Gasteiger partial charge in [-0.15, -0.1) is 11.3 Å². The normalized spacial score (nSPS) is 24.2. The molecule has 1 aromatic rings. The van der Waals surface area contributed by atoms with Gasteiger partial charge in [0, 0.05) is 31.2 Å². The van der Waals surface area contributed by atoms with Crippen LogP contribution in [-0.2, 0) is 11.2 Å². The lowest BCUT2D eigenvalue weighted by Crippen LogP contribution is -2.19. The largest absolute Gasteiger partial charge is 0.381 e. The van der Waals surface area contributed by atoms with Gasteiger partial charge in [-0.2, -0.15) is 0 Å². The quantitative estimate of drug-likeness (QED) is 0.700. The van der Waals surface area contributed by atoms with Crippen LogP contribution in [0.15, 0.2) is 11.6 Å². The summed E-state index contributed by atoms with van der Waals surface area (Å²) in [5, 5.41) is 3.30. The molecule has 0 saturated carbocycles. The molecular formula is C9H13NOS. The average Bonchev–Trinajstić information content (AvgIpc) is 2.59. The fourth-order valence-corrected chi connectivity index (χ4v) is 2.30. The zero-order chi connectivity index (χ0) is 8.23. The van der Waals surface area contributed by atoms with Crippen molar-refractivity contribution in [1.82, 2.24) is 4.98 Å². The van der Waals surface area contributed by atoms with Crippen molar-refractivity contribution in [2.45, 2.75) is 19.3 Å². The molecule has 2 nitrogen and oxygen atoms in total. The Hall–Kier alpha value is -0.410. The second-order valence-corrected chi connectivity index (χ2v) is 4.19. The van der Waals surface area contributed by atoms with Crippen LogP contribution in [0.25, 0.3) is 0 Å². The van der Waals surface area contributed by atoms with E-state index in [1.54, 1.807) is 11.3 Å². The lowest BCUT2D eigenvalue weighted by atomic mass is 9.99. The second-order valence-electron chi connectivity index (χ2n) is 3.21. The summed E-state index contributed by atoms with van der Waals surface area (Å²) in [6, 6.07) is 0. The highest BCUT2D eigenvalue weighted by molar-refractivity contribution is 7.09. The molecule has 3 heteroatoms. The SMILES string of the molecule is c1csc(C[C@H]2CCCOC2)n1. The summed E-state index contributed by atoms with van der Waals surface area (Å²) in [5.74, 6) is 0.713. The van der Waals surface area contributed by atoms with E-state index in [4.69, 9.17) is 4.74 Å². The molecule has 12 heavy (non-hydrogen) atoms. The maximum atomic E-state index is 5.41. The van der Waals surface area contributed by atoms with E-state index in [-0.39, 0.29) is 0 Å². The fourth-order valence-electron chi connectivity index (χ4n) is 1.57. The van der Waals surface area contributed by atoms with E-state index >= 15 is 0 Å². The molecule has 0 bridgehead atoms. The fraction of sp³-hybridized carbons (Fsp3) is 0.667. The smallest absolute Gasteiger partial charge is 0.0928 e. The molecule has 66 valence electrons. The van der Waals surface area contributed by atoms with Crippen LogP contribution < -0.4 is 0 Å². The summed E-state index contributed by atoms with van der Waals surface area (Å²) in [7, 11) is 0. The summed E-state index contributed by atoms with van der Waals surface area (Å²) < 4.78 is 5.41. The van der Waals surface area contributed by atoms with E-state index < -0.39 is 0 Å². The molecule has 2 rings (SSSR count). The van der Waals surface area contributed by atoms with E-state index in [0.717, 1.165) is 19.6 Å². The van der Waals surface area contributed by atoms with E-state index in [9.17, 15) is 0 Å². The highest BCUT2D eigenvalue weighted by Crippen LogP contribution is 2.19. The van der Waals surface area contributed by atoms with Crippen molar-refractivity contribution >= 4 is 11.3 Å². The molecule has 1 aliphatic heterocycles. The van der Waals surface area contributed by atoms with E-state index in [2.05, 4.69) is 4.98 Å². The molecule has 1 saturated heterocycles. The summed E-state index contributed by atoms with van der Waals surface area (Å²) in [6.07, 6.45) is 5.51. The van der Waals surface area contributed by atoms with Gasteiger partial charge in [-0.1, -0.05) is 0 Å². The first-order valence-corrected chi connectivity index (χ1v) is 5.29.